The zero-order valence-electron chi connectivity index (χ0n) is 23.7. The van der Waals surface area contributed by atoms with Gasteiger partial charge in [-0.25, -0.2) is 4.79 Å². The third kappa shape index (κ3) is 7.06. The molecule has 220 valence electrons. The Morgan fingerprint density at radius 2 is 1.47 bits per heavy atom. The minimum atomic E-state index is -0.442. The highest BCUT2D eigenvalue weighted by atomic mass is 32.2. The SMILES string of the molecule is C=CC(=O)OCCCOc1ccc2c(c1)C(C)c1cc(C(=O)Sc3ccc(OCCCN4C(=O)C=CC4=O)cc3)ccc1-2. The van der Waals surface area contributed by atoms with Gasteiger partial charge in [0.05, 0.1) is 19.8 Å². The molecule has 1 unspecified atom stereocenters. The summed E-state index contributed by atoms with van der Waals surface area (Å²) in [4.78, 5) is 49.5. The van der Waals surface area contributed by atoms with E-state index in [1.807, 2.05) is 48.5 Å². The molecule has 0 radical (unpaired) electrons. The number of imide groups is 1. The number of esters is 1. The van der Waals surface area contributed by atoms with E-state index in [0.717, 1.165) is 50.7 Å². The Labute approximate surface area is 254 Å². The summed E-state index contributed by atoms with van der Waals surface area (Å²) in [6.07, 6.45) is 4.79. The average Bonchev–Trinajstić information content (AvgIpc) is 3.49. The predicted octanol–water partition coefficient (Wildman–Crippen LogP) is 5.94. The van der Waals surface area contributed by atoms with Gasteiger partial charge in [-0.1, -0.05) is 25.6 Å². The Bertz CT molecular complexity index is 1580. The average molecular weight is 598 g/mol. The van der Waals surface area contributed by atoms with Crippen molar-refractivity contribution in [1.82, 2.24) is 4.90 Å². The van der Waals surface area contributed by atoms with Gasteiger partial charge in [-0.05, 0) is 89.0 Å². The Kier molecular flexibility index (Phi) is 9.41. The van der Waals surface area contributed by atoms with Crippen LogP contribution in [0.5, 0.6) is 11.5 Å². The first-order chi connectivity index (χ1) is 20.8. The van der Waals surface area contributed by atoms with Crippen LogP contribution in [0.3, 0.4) is 0 Å². The number of ether oxygens (including phenoxy) is 3. The summed E-state index contributed by atoms with van der Waals surface area (Å²) in [5.41, 5.74) is 5.13. The van der Waals surface area contributed by atoms with Gasteiger partial charge in [-0.3, -0.25) is 19.3 Å². The van der Waals surface area contributed by atoms with E-state index in [9.17, 15) is 19.2 Å². The number of nitrogens with zero attached hydrogens (tertiary/aromatic N) is 1. The van der Waals surface area contributed by atoms with Gasteiger partial charge in [0.25, 0.3) is 11.8 Å². The summed E-state index contributed by atoms with van der Waals surface area (Å²) in [6, 6.07) is 19.2. The molecule has 1 aliphatic carbocycles. The fourth-order valence-corrected chi connectivity index (χ4v) is 5.74. The molecule has 0 fully saturated rings. The molecule has 0 saturated carbocycles. The van der Waals surface area contributed by atoms with Gasteiger partial charge >= 0.3 is 5.97 Å². The largest absolute Gasteiger partial charge is 0.494 e. The first kappa shape index (κ1) is 29.8. The van der Waals surface area contributed by atoms with E-state index in [1.165, 1.54) is 17.1 Å². The van der Waals surface area contributed by atoms with E-state index in [0.29, 0.717) is 43.9 Å². The molecule has 0 bridgehead atoms. The standard InChI is InChI=1S/C34H31NO7S/c1-3-33(38)42-19-5-18-41-25-9-13-28-27-12-6-23(20-29(27)22(2)30(28)21-25)34(39)43-26-10-7-24(8-11-26)40-17-4-16-35-31(36)14-15-32(35)37/h3,6-15,20-22H,1,4-5,16-19H2,2H3. The number of amides is 2. The lowest BCUT2D eigenvalue weighted by atomic mass is 9.98. The molecule has 9 heteroatoms. The van der Waals surface area contributed by atoms with Crippen molar-refractivity contribution < 1.29 is 33.4 Å². The number of benzene rings is 3. The van der Waals surface area contributed by atoms with Crippen LogP contribution in [0.15, 0.2) is 90.4 Å². The first-order valence-electron chi connectivity index (χ1n) is 14.0. The van der Waals surface area contributed by atoms with Gasteiger partial charge < -0.3 is 14.2 Å². The molecular formula is C34H31NO7S. The van der Waals surface area contributed by atoms with Crippen molar-refractivity contribution in [2.75, 3.05) is 26.4 Å². The number of hydrogen-bond donors (Lipinski definition) is 0. The number of thioether (sulfide) groups is 1. The van der Waals surface area contributed by atoms with Crippen molar-refractivity contribution in [3.05, 3.63) is 102 Å². The van der Waals surface area contributed by atoms with Gasteiger partial charge in [-0.2, -0.15) is 0 Å². The second kappa shape index (κ2) is 13.6. The van der Waals surface area contributed by atoms with E-state index in [2.05, 4.69) is 13.5 Å². The van der Waals surface area contributed by atoms with E-state index >= 15 is 0 Å². The second-order valence-electron chi connectivity index (χ2n) is 10.1. The highest BCUT2D eigenvalue weighted by Crippen LogP contribution is 2.46. The summed E-state index contributed by atoms with van der Waals surface area (Å²) < 4.78 is 16.6. The normalized spacial score (nSPS) is 14.8. The maximum Gasteiger partial charge on any atom is 0.330 e. The van der Waals surface area contributed by atoms with Gasteiger partial charge in [0.2, 0.25) is 5.12 Å². The quantitative estimate of drug-likeness (QED) is 0.0785. The maximum atomic E-state index is 13.2. The van der Waals surface area contributed by atoms with Gasteiger partial charge in [0.15, 0.2) is 0 Å². The fourth-order valence-electron chi connectivity index (χ4n) is 5.01. The summed E-state index contributed by atoms with van der Waals surface area (Å²) in [5.74, 6) is 0.475. The summed E-state index contributed by atoms with van der Waals surface area (Å²) in [6.45, 7) is 6.87. The maximum absolute atomic E-state index is 13.2. The highest BCUT2D eigenvalue weighted by Gasteiger charge is 2.27. The molecule has 1 heterocycles. The Balaban J connectivity index is 1.13. The number of carbonyl (C=O) groups is 4. The second-order valence-corrected chi connectivity index (χ2v) is 11.1. The van der Waals surface area contributed by atoms with Gasteiger partial charge in [-0.15, -0.1) is 0 Å². The highest BCUT2D eigenvalue weighted by molar-refractivity contribution is 8.14. The van der Waals surface area contributed by atoms with Crippen LogP contribution in [0.1, 0.15) is 47.2 Å². The van der Waals surface area contributed by atoms with E-state index < -0.39 is 5.97 Å². The van der Waals surface area contributed by atoms with Crippen molar-refractivity contribution in [2.45, 2.75) is 30.6 Å². The lowest BCUT2D eigenvalue weighted by molar-refractivity contribution is -0.138. The minimum Gasteiger partial charge on any atom is -0.494 e. The predicted molar refractivity (Wildman–Crippen MR) is 163 cm³/mol. The molecule has 1 atom stereocenters. The number of carbonyl (C=O) groups excluding carboxylic acids is 4. The Hall–Kier alpha value is -4.63. The lowest BCUT2D eigenvalue weighted by Crippen LogP contribution is -2.31. The van der Waals surface area contributed by atoms with Crippen LogP contribution in [0, 0.1) is 0 Å². The lowest BCUT2D eigenvalue weighted by Gasteiger charge is -2.13. The molecule has 1 aliphatic heterocycles. The third-order valence-corrected chi connectivity index (χ3v) is 8.16. The van der Waals surface area contributed by atoms with Crippen LogP contribution in [-0.4, -0.2) is 54.2 Å². The minimum absolute atomic E-state index is 0.0469. The summed E-state index contributed by atoms with van der Waals surface area (Å²) in [7, 11) is 0. The monoisotopic (exact) mass is 597 g/mol. The Morgan fingerprint density at radius 1 is 0.837 bits per heavy atom. The van der Waals surface area contributed by atoms with Crippen molar-refractivity contribution in [1.29, 1.82) is 0 Å². The summed E-state index contributed by atoms with van der Waals surface area (Å²) >= 11 is 1.16. The van der Waals surface area contributed by atoms with Gasteiger partial charge in [0, 0.05) is 47.6 Å². The van der Waals surface area contributed by atoms with Crippen LogP contribution in [-0.2, 0) is 19.1 Å². The van der Waals surface area contributed by atoms with Crippen molar-refractivity contribution in [2.24, 2.45) is 0 Å². The zero-order valence-corrected chi connectivity index (χ0v) is 24.6. The molecule has 8 nitrogen and oxygen atoms in total. The number of hydrogen-bond acceptors (Lipinski definition) is 8. The van der Waals surface area contributed by atoms with Crippen molar-refractivity contribution in [3.8, 4) is 22.6 Å². The van der Waals surface area contributed by atoms with Crippen LogP contribution >= 0.6 is 11.8 Å². The summed E-state index contributed by atoms with van der Waals surface area (Å²) in [5, 5.41) is -0.0469. The molecule has 0 N–H and O–H groups in total. The molecule has 43 heavy (non-hydrogen) atoms. The topological polar surface area (TPSA) is 99.2 Å². The Morgan fingerprint density at radius 3 is 2.19 bits per heavy atom. The molecule has 3 aromatic rings. The molecule has 0 saturated heterocycles. The van der Waals surface area contributed by atoms with Crippen molar-refractivity contribution >= 4 is 34.7 Å². The smallest absolute Gasteiger partial charge is 0.330 e. The van der Waals surface area contributed by atoms with Crippen LogP contribution in [0.25, 0.3) is 11.1 Å². The van der Waals surface area contributed by atoms with Crippen LogP contribution in [0.2, 0.25) is 0 Å². The molecule has 2 aliphatic rings. The molecule has 2 amide bonds. The van der Waals surface area contributed by atoms with Crippen LogP contribution < -0.4 is 9.47 Å². The molecule has 0 spiro atoms. The van der Waals surface area contributed by atoms with Crippen LogP contribution in [0.4, 0.5) is 0 Å². The molecular weight excluding hydrogens is 566 g/mol. The van der Waals surface area contributed by atoms with Gasteiger partial charge in [0.1, 0.15) is 11.5 Å². The molecule has 0 aromatic heterocycles. The van der Waals surface area contributed by atoms with E-state index in [1.54, 1.807) is 12.1 Å². The fraction of sp³-hybridized carbons (Fsp3) is 0.235. The van der Waals surface area contributed by atoms with Crippen molar-refractivity contribution in [3.63, 3.8) is 0 Å². The van der Waals surface area contributed by atoms with E-state index in [-0.39, 0.29) is 29.5 Å². The van der Waals surface area contributed by atoms with E-state index in [4.69, 9.17) is 14.2 Å². The number of fused-ring (bicyclic) bond motifs is 3. The first-order valence-corrected chi connectivity index (χ1v) is 14.8. The third-order valence-electron chi connectivity index (χ3n) is 7.23. The molecule has 3 aromatic carbocycles. The zero-order chi connectivity index (χ0) is 30.3. The molecule has 5 rings (SSSR count). The number of rotatable bonds is 13.